The molecule has 0 saturated carbocycles. The van der Waals surface area contributed by atoms with Gasteiger partial charge in [0.15, 0.2) is 0 Å². The third-order valence-electron chi connectivity index (χ3n) is 2.81. The molecule has 2 rings (SSSR count). The number of hydrogen-bond acceptors (Lipinski definition) is 2. The molecule has 2 nitrogen and oxygen atoms in total. The molecule has 0 spiro atoms. The molecule has 0 aromatic heterocycles. The van der Waals surface area contributed by atoms with Gasteiger partial charge in [-0.15, -0.1) is 0 Å². The van der Waals surface area contributed by atoms with Crippen LogP contribution in [0.3, 0.4) is 0 Å². The lowest BCUT2D eigenvalue weighted by Gasteiger charge is -2.16. The van der Waals surface area contributed by atoms with Gasteiger partial charge in [-0.1, -0.05) is 30.3 Å². The van der Waals surface area contributed by atoms with Crippen molar-refractivity contribution in [1.29, 1.82) is 0 Å². The molecule has 0 N–H and O–H groups in total. The highest BCUT2D eigenvalue weighted by atomic mass is 16.5. The van der Waals surface area contributed by atoms with Crippen molar-refractivity contribution in [2.45, 2.75) is 5.92 Å². The maximum absolute atomic E-state index is 5.50. The van der Waals surface area contributed by atoms with Gasteiger partial charge in [-0.3, -0.25) is 0 Å². The van der Waals surface area contributed by atoms with Crippen molar-refractivity contribution in [3.05, 3.63) is 35.9 Å². The third kappa shape index (κ3) is 1.97. The van der Waals surface area contributed by atoms with Crippen LogP contribution in [0.1, 0.15) is 11.5 Å². The van der Waals surface area contributed by atoms with Crippen molar-refractivity contribution >= 4 is 0 Å². The van der Waals surface area contributed by atoms with Crippen molar-refractivity contribution in [3.8, 4) is 0 Å². The zero-order valence-corrected chi connectivity index (χ0v) is 8.48. The van der Waals surface area contributed by atoms with Gasteiger partial charge >= 0.3 is 0 Å². The van der Waals surface area contributed by atoms with E-state index in [2.05, 4.69) is 24.3 Å². The second-order valence-corrected chi connectivity index (χ2v) is 3.77. The van der Waals surface area contributed by atoms with E-state index in [1.807, 2.05) is 6.07 Å². The fourth-order valence-electron chi connectivity index (χ4n) is 2.05. The molecule has 1 aromatic rings. The van der Waals surface area contributed by atoms with Crippen LogP contribution in [0.25, 0.3) is 0 Å². The minimum absolute atomic E-state index is 0.510. The lowest BCUT2D eigenvalue weighted by molar-refractivity contribution is 0.128. The summed E-state index contributed by atoms with van der Waals surface area (Å²) in [6.45, 7) is 2.45. The molecule has 0 radical (unpaired) electrons. The smallest absolute Gasteiger partial charge is 0.0539 e. The Balaban J connectivity index is 2.10. The summed E-state index contributed by atoms with van der Waals surface area (Å²) < 4.78 is 10.7. The van der Waals surface area contributed by atoms with E-state index in [0.717, 1.165) is 19.8 Å². The minimum Gasteiger partial charge on any atom is -0.384 e. The van der Waals surface area contributed by atoms with Crippen LogP contribution in [0, 0.1) is 5.92 Å². The first-order chi connectivity index (χ1) is 6.92. The Labute approximate surface area is 84.8 Å². The highest BCUT2D eigenvalue weighted by molar-refractivity contribution is 5.21. The molecule has 0 bridgehead atoms. The van der Waals surface area contributed by atoms with Crippen LogP contribution in [0.4, 0.5) is 0 Å². The summed E-state index contributed by atoms with van der Waals surface area (Å²) in [5.41, 5.74) is 1.37. The maximum Gasteiger partial charge on any atom is 0.0539 e. The molecule has 2 atom stereocenters. The first-order valence-electron chi connectivity index (χ1n) is 5.03. The van der Waals surface area contributed by atoms with Gasteiger partial charge in [0, 0.05) is 18.9 Å². The van der Waals surface area contributed by atoms with E-state index in [1.54, 1.807) is 7.11 Å². The average Bonchev–Trinajstić information content (AvgIpc) is 2.68. The van der Waals surface area contributed by atoms with E-state index in [0.29, 0.717) is 11.8 Å². The van der Waals surface area contributed by atoms with E-state index in [4.69, 9.17) is 9.47 Å². The van der Waals surface area contributed by atoms with Crippen LogP contribution < -0.4 is 0 Å². The zero-order valence-electron chi connectivity index (χ0n) is 8.48. The van der Waals surface area contributed by atoms with E-state index >= 15 is 0 Å². The molecule has 1 aliphatic heterocycles. The summed E-state index contributed by atoms with van der Waals surface area (Å²) in [4.78, 5) is 0. The summed E-state index contributed by atoms with van der Waals surface area (Å²) in [5.74, 6) is 1.03. The Hall–Kier alpha value is -0.860. The van der Waals surface area contributed by atoms with E-state index < -0.39 is 0 Å². The van der Waals surface area contributed by atoms with E-state index in [-0.39, 0.29) is 0 Å². The second kappa shape index (κ2) is 4.58. The van der Waals surface area contributed by atoms with Gasteiger partial charge in [-0.2, -0.15) is 0 Å². The van der Waals surface area contributed by atoms with Gasteiger partial charge in [0.25, 0.3) is 0 Å². The van der Waals surface area contributed by atoms with Crippen molar-refractivity contribution in [2.75, 3.05) is 26.9 Å². The SMILES string of the molecule is COCC1COCC1c1ccccc1. The van der Waals surface area contributed by atoms with Crippen molar-refractivity contribution in [2.24, 2.45) is 5.92 Å². The molecule has 1 aromatic carbocycles. The van der Waals surface area contributed by atoms with Crippen LogP contribution in [-0.2, 0) is 9.47 Å². The molecule has 2 unspecified atom stereocenters. The predicted molar refractivity (Wildman–Crippen MR) is 55.4 cm³/mol. The predicted octanol–water partition coefficient (Wildman–Crippen LogP) is 2.06. The fraction of sp³-hybridized carbons (Fsp3) is 0.500. The summed E-state index contributed by atoms with van der Waals surface area (Å²) in [6.07, 6.45) is 0. The molecule has 0 aliphatic carbocycles. The molecule has 1 aliphatic rings. The molecule has 14 heavy (non-hydrogen) atoms. The molecule has 76 valence electrons. The standard InChI is InChI=1S/C12H16O2/c1-13-7-11-8-14-9-12(11)10-5-3-2-4-6-10/h2-6,11-12H,7-9H2,1H3. The molecular formula is C12H16O2. The number of benzene rings is 1. The summed E-state index contributed by atoms with van der Waals surface area (Å²) in [5, 5.41) is 0. The number of rotatable bonds is 3. The number of methoxy groups -OCH3 is 1. The van der Waals surface area contributed by atoms with Gasteiger partial charge in [0.05, 0.1) is 19.8 Å². The quantitative estimate of drug-likeness (QED) is 0.729. The van der Waals surface area contributed by atoms with Gasteiger partial charge in [-0.25, -0.2) is 0 Å². The average molecular weight is 192 g/mol. The molecule has 1 saturated heterocycles. The first kappa shape index (κ1) is 9.69. The fourth-order valence-corrected chi connectivity index (χ4v) is 2.05. The van der Waals surface area contributed by atoms with Crippen LogP contribution >= 0.6 is 0 Å². The monoisotopic (exact) mass is 192 g/mol. The van der Waals surface area contributed by atoms with Gasteiger partial charge in [-0.05, 0) is 5.56 Å². The van der Waals surface area contributed by atoms with Gasteiger partial charge in [0.1, 0.15) is 0 Å². The molecule has 1 fully saturated rings. The summed E-state index contributed by atoms with van der Waals surface area (Å²) in [6, 6.07) is 10.5. The Kier molecular flexibility index (Phi) is 3.17. The molecule has 2 heteroatoms. The van der Waals surface area contributed by atoms with Crippen LogP contribution in [0.2, 0.25) is 0 Å². The lowest BCUT2D eigenvalue weighted by atomic mass is 9.90. The van der Waals surface area contributed by atoms with E-state index in [1.165, 1.54) is 5.56 Å². The highest BCUT2D eigenvalue weighted by Crippen LogP contribution is 2.30. The van der Waals surface area contributed by atoms with Crippen LogP contribution in [0.5, 0.6) is 0 Å². The van der Waals surface area contributed by atoms with Crippen LogP contribution in [-0.4, -0.2) is 26.9 Å². The first-order valence-corrected chi connectivity index (χ1v) is 5.03. The molecule has 1 heterocycles. The van der Waals surface area contributed by atoms with E-state index in [9.17, 15) is 0 Å². The van der Waals surface area contributed by atoms with Crippen molar-refractivity contribution in [3.63, 3.8) is 0 Å². The Morgan fingerprint density at radius 3 is 2.79 bits per heavy atom. The normalized spacial score (nSPS) is 26.6. The largest absolute Gasteiger partial charge is 0.384 e. The Morgan fingerprint density at radius 2 is 2.07 bits per heavy atom. The minimum atomic E-state index is 0.510. The Bertz CT molecular complexity index is 271. The van der Waals surface area contributed by atoms with Gasteiger partial charge < -0.3 is 9.47 Å². The number of ether oxygens (including phenoxy) is 2. The third-order valence-corrected chi connectivity index (χ3v) is 2.81. The second-order valence-electron chi connectivity index (χ2n) is 3.77. The lowest BCUT2D eigenvalue weighted by Crippen LogP contribution is -2.15. The number of hydrogen-bond donors (Lipinski definition) is 0. The summed E-state index contributed by atoms with van der Waals surface area (Å²) >= 11 is 0. The zero-order chi connectivity index (χ0) is 9.80. The molecule has 0 amide bonds. The Morgan fingerprint density at radius 1 is 1.29 bits per heavy atom. The van der Waals surface area contributed by atoms with Gasteiger partial charge in [0.2, 0.25) is 0 Å². The summed E-state index contributed by atoms with van der Waals surface area (Å²) in [7, 11) is 1.75. The van der Waals surface area contributed by atoms with Crippen molar-refractivity contribution < 1.29 is 9.47 Å². The maximum atomic E-state index is 5.50. The molecular weight excluding hydrogens is 176 g/mol. The van der Waals surface area contributed by atoms with Crippen LogP contribution in [0.15, 0.2) is 30.3 Å². The topological polar surface area (TPSA) is 18.5 Å². The van der Waals surface area contributed by atoms with Crippen molar-refractivity contribution in [1.82, 2.24) is 0 Å². The highest BCUT2D eigenvalue weighted by Gasteiger charge is 2.29.